The van der Waals surface area contributed by atoms with Crippen LogP contribution in [-0.4, -0.2) is 55.7 Å². The van der Waals surface area contributed by atoms with Gasteiger partial charge < -0.3 is 15.5 Å². The average molecular weight is 498 g/mol. The number of halogens is 1. The fourth-order valence-corrected chi connectivity index (χ4v) is 4.07. The highest BCUT2D eigenvalue weighted by Crippen LogP contribution is 2.24. The standard InChI is InChI=1S/C17H31N5S2.HI/c1-3-18-16(19-9-4-7-13-23-2)20-10-8-15-14-24-17(21-15)22-11-5-6-12-22;/h14H,3-13H2,1-2H3,(H2,18,19,20);1H. The van der Waals surface area contributed by atoms with Crippen molar-refractivity contribution in [2.24, 2.45) is 4.99 Å². The van der Waals surface area contributed by atoms with Crippen LogP contribution in [0.5, 0.6) is 0 Å². The second kappa shape index (κ2) is 13.9. The van der Waals surface area contributed by atoms with E-state index in [0.717, 1.165) is 38.4 Å². The Morgan fingerprint density at radius 2 is 2.12 bits per heavy atom. The van der Waals surface area contributed by atoms with Crippen LogP contribution in [-0.2, 0) is 6.42 Å². The van der Waals surface area contributed by atoms with Gasteiger partial charge in [-0.2, -0.15) is 11.8 Å². The molecule has 5 nitrogen and oxygen atoms in total. The molecule has 0 bridgehead atoms. The molecule has 0 saturated carbocycles. The summed E-state index contributed by atoms with van der Waals surface area (Å²) in [5.41, 5.74) is 1.19. The van der Waals surface area contributed by atoms with Gasteiger partial charge in [-0.25, -0.2) is 4.98 Å². The van der Waals surface area contributed by atoms with Crippen LogP contribution in [0.4, 0.5) is 5.13 Å². The van der Waals surface area contributed by atoms with Gasteiger partial charge in [0.25, 0.3) is 0 Å². The lowest BCUT2D eigenvalue weighted by Gasteiger charge is -2.12. The predicted octanol–water partition coefficient (Wildman–Crippen LogP) is 3.60. The predicted molar refractivity (Wildman–Crippen MR) is 124 cm³/mol. The van der Waals surface area contributed by atoms with Crippen molar-refractivity contribution in [3.63, 3.8) is 0 Å². The van der Waals surface area contributed by atoms with Crippen LogP contribution >= 0.6 is 47.1 Å². The van der Waals surface area contributed by atoms with Gasteiger partial charge in [-0.3, -0.25) is 4.99 Å². The van der Waals surface area contributed by atoms with E-state index in [4.69, 9.17) is 4.98 Å². The molecule has 1 aliphatic heterocycles. The largest absolute Gasteiger partial charge is 0.357 e. The Kier molecular flexibility index (Phi) is 12.7. The first kappa shape index (κ1) is 22.8. The highest BCUT2D eigenvalue weighted by molar-refractivity contribution is 14.0. The molecule has 1 aromatic heterocycles. The third-order valence-corrected chi connectivity index (χ3v) is 5.61. The summed E-state index contributed by atoms with van der Waals surface area (Å²) in [7, 11) is 0. The molecule has 0 radical (unpaired) electrons. The molecule has 1 aromatic rings. The summed E-state index contributed by atoms with van der Waals surface area (Å²) in [5.74, 6) is 2.15. The molecular weight excluding hydrogens is 465 g/mol. The van der Waals surface area contributed by atoms with Crippen molar-refractivity contribution in [1.29, 1.82) is 0 Å². The Labute approximate surface area is 177 Å². The summed E-state index contributed by atoms with van der Waals surface area (Å²) in [4.78, 5) is 11.8. The Bertz CT molecular complexity index is 489. The van der Waals surface area contributed by atoms with Crippen LogP contribution in [0, 0.1) is 0 Å². The zero-order valence-corrected chi connectivity index (χ0v) is 19.4. The van der Waals surface area contributed by atoms with E-state index >= 15 is 0 Å². The van der Waals surface area contributed by atoms with Gasteiger partial charge in [0, 0.05) is 44.5 Å². The maximum Gasteiger partial charge on any atom is 0.191 e. The third-order valence-electron chi connectivity index (χ3n) is 3.96. The summed E-state index contributed by atoms with van der Waals surface area (Å²) in [6.07, 6.45) is 8.10. The highest BCUT2D eigenvalue weighted by Gasteiger charge is 2.15. The van der Waals surface area contributed by atoms with E-state index in [1.807, 2.05) is 11.8 Å². The number of thiazole rings is 1. The van der Waals surface area contributed by atoms with Gasteiger partial charge >= 0.3 is 0 Å². The first-order valence-corrected chi connectivity index (χ1v) is 11.3. The highest BCUT2D eigenvalue weighted by atomic mass is 127. The number of aromatic nitrogens is 1. The number of unbranched alkanes of at least 4 members (excludes halogenated alkanes) is 1. The van der Waals surface area contributed by atoms with E-state index in [-0.39, 0.29) is 24.0 Å². The van der Waals surface area contributed by atoms with Crippen molar-refractivity contribution in [1.82, 2.24) is 15.6 Å². The van der Waals surface area contributed by atoms with Gasteiger partial charge in [-0.05, 0) is 44.6 Å². The second-order valence-electron chi connectivity index (χ2n) is 5.95. The molecule has 25 heavy (non-hydrogen) atoms. The van der Waals surface area contributed by atoms with Gasteiger partial charge in [0.15, 0.2) is 11.1 Å². The van der Waals surface area contributed by atoms with E-state index in [1.165, 1.54) is 48.9 Å². The number of aliphatic imine (C=N–C) groups is 1. The third kappa shape index (κ3) is 8.81. The van der Waals surface area contributed by atoms with Crippen LogP contribution < -0.4 is 15.5 Å². The Hall–Kier alpha value is -0.220. The summed E-state index contributed by atoms with van der Waals surface area (Å²) in [5, 5.41) is 10.1. The molecule has 1 aliphatic rings. The Morgan fingerprint density at radius 3 is 2.84 bits per heavy atom. The van der Waals surface area contributed by atoms with Crippen molar-refractivity contribution in [3.05, 3.63) is 11.1 Å². The van der Waals surface area contributed by atoms with Crippen LogP contribution in [0.15, 0.2) is 10.4 Å². The first-order chi connectivity index (χ1) is 11.8. The molecular formula is C17H32IN5S2. The minimum Gasteiger partial charge on any atom is -0.357 e. The molecule has 0 atom stereocenters. The van der Waals surface area contributed by atoms with Crippen LogP contribution in [0.25, 0.3) is 0 Å². The molecule has 0 aliphatic carbocycles. The van der Waals surface area contributed by atoms with Gasteiger partial charge in [0.2, 0.25) is 0 Å². The molecule has 1 saturated heterocycles. The van der Waals surface area contributed by atoms with Crippen molar-refractivity contribution in [3.8, 4) is 0 Å². The number of anilines is 1. The zero-order chi connectivity index (χ0) is 17.0. The number of rotatable bonds is 10. The lowest BCUT2D eigenvalue weighted by Crippen LogP contribution is -2.38. The molecule has 1 fully saturated rings. The van der Waals surface area contributed by atoms with Crippen LogP contribution in [0.1, 0.15) is 38.3 Å². The fraction of sp³-hybridized carbons (Fsp3) is 0.765. The van der Waals surface area contributed by atoms with Gasteiger partial charge in [-0.1, -0.05) is 0 Å². The maximum atomic E-state index is 4.77. The van der Waals surface area contributed by atoms with E-state index in [9.17, 15) is 0 Å². The Balaban J connectivity index is 0.00000312. The number of thioether (sulfide) groups is 1. The fourth-order valence-electron chi connectivity index (χ4n) is 2.66. The second-order valence-corrected chi connectivity index (χ2v) is 7.78. The molecule has 0 unspecified atom stereocenters. The number of nitrogens with one attached hydrogen (secondary N) is 2. The van der Waals surface area contributed by atoms with Crippen molar-refractivity contribution in [2.75, 3.05) is 49.6 Å². The smallest absolute Gasteiger partial charge is 0.191 e. The topological polar surface area (TPSA) is 52.6 Å². The van der Waals surface area contributed by atoms with Gasteiger partial charge in [0.1, 0.15) is 0 Å². The number of nitrogens with zero attached hydrogens (tertiary/aromatic N) is 3. The zero-order valence-electron chi connectivity index (χ0n) is 15.4. The van der Waals surface area contributed by atoms with Crippen molar-refractivity contribution >= 4 is 58.2 Å². The summed E-state index contributed by atoms with van der Waals surface area (Å²) < 4.78 is 0. The minimum atomic E-state index is 0. The van der Waals surface area contributed by atoms with Crippen molar-refractivity contribution < 1.29 is 0 Å². The van der Waals surface area contributed by atoms with Crippen LogP contribution in [0.2, 0.25) is 0 Å². The van der Waals surface area contributed by atoms with E-state index in [0.29, 0.717) is 0 Å². The molecule has 0 amide bonds. The summed E-state index contributed by atoms with van der Waals surface area (Å²) >= 11 is 3.68. The quantitative estimate of drug-likeness (QED) is 0.224. The molecule has 2 heterocycles. The first-order valence-electron chi connectivity index (χ1n) is 9.04. The number of guanidine groups is 1. The van der Waals surface area contributed by atoms with Gasteiger partial charge in [-0.15, -0.1) is 35.3 Å². The molecule has 144 valence electrons. The number of hydrogen-bond acceptors (Lipinski definition) is 5. The number of hydrogen-bond donors (Lipinski definition) is 2. The molecule has 8 heteroatoms. The molecule has 2 N–H and O–H groups in total. The van der Waals surface area contributed by atoms with Crippen LogP contribution in [0.3, 0.4) is 0 Å². The lowest BCUT2D eigenvalue weighted by atomic mass is 10.3. The van der Waals surface area contributed by atoms with Crippen molar-refractivity contribution in [2.45, 2.75) is 39.0 Å². The van der Waals surface area contributed by atoms with E-state index in [2.05, 4.69) is 39.1 Å². The Morgan fingerprint density at radius 1 is 1.32 bits per heavy atom. The lowest BCUT2D eigenvalue weighted by molar-refractivity contribution is 0.766. The molecule has 0 aromatic carbocycles. The summed E-state index contributed by atoms with van der Waals surface area (Å²) in [6.45, 7) is 7.10. The monoisotopic (exact) mass is 497 g/mol. The van der Waals surface area contributed by atoms with E-state index < -0.39 is 0 Å². The van der Waals surface area contributed by atoms with E-state index in [1.54, 1.807) is 11.3 Å². The van der Waals surface area contributed by atoms with Gasteiger partial charge in [0.05, 0.1) is 5.69 Å². The molecule has 2 rings (SSSR count). The SMILES string of the molecule is CCNC(=NCCCCSC)NCCc1csc(N2CCCC2)n1.I. The summed E-state index contributed by atoms with van der Waals surface area (Å²) in [6, 6.07) is 0. The average Bonchev–Trinajstić information content (AvgIpc) is 3.26. The normalized spacial score (nSPS) is 14.5. The minimum absolute atomic E-state index is 0. The molecule has 0 spiro atoms. The maximum absolute atomic E-state index is 4.77.